The molecule has 17 heavy (non-hydrogen) atoms. The molecule has 1 unspecified atom stereocenters. The Hall–Kier alpha value is -1.02. The first-order valence-corrected chi connectivity index (χ1v) is 6.94. The minimum absolute atomic E-state index is 0.0413. The van der Waals surface area contributed by atoms with Gasteiger partial charge in [-0.05, 0) is 5.57 Å². The molecule has 2 N–H and O–H groups in total. The summed E-state index contributed by atoms with van der Waals surface area (Å²) >= 11 is 4.66. The number of alkyl halides is 1. The molecule has 2 atom stereocenters. The normalized spacial score (nSPS) is 27.4. The van der Waals surface area contributed by atoms with Gasteiger partial charge in [-0.1, -0.05) is 15.9 Å². The second-order valence-electron chi connectivity index (χ2n) is 3.56. The third kappa shape index (κ3) is 1.85. The molecule has 0 radical (unpaired) electrons. The van der Waals surface area contributed by atoms with Crippen LogP contribution >= 0.6 is 27.7 Å². The SMILES string of the molecule is O=CNC1C(=O)N2C(C(=O)O)=C(CBr)CS[C@@H]12. The second-order valence-corrected chi connectivity index (χ2v) is 5.23. The Labute approximate surface area is 110 Å². The largest absolute Gasteiger partial charge is 0.477 e. The summed E-state index contributed by atoms with van der Waals surface area (Å²) in [6.45, 7) is 0. The average Bonchev–Trinajstić information content (AvgIpc) is 2.33. The standard InChI is InChI=1S/C9H9BrN2O4S/c10-1-4-2-17-8-5(11-3-13)7(14)12(8)6(4)9(15)16/h3,5,8H,1-2H2,(H,11,13)(H,15,16)/t5?,8-/m0/s1. The van der Waals surface area contributed by atoms with Crippen LogP contribution in [0.3, 0.4) is 0 Å². The lowest BCUT2D eigenvalue weighted by Crippen LogP contribution is -2.69. The molecule has 92 valence electrons. The predicted molar refractivity (Wildman–Crippen MR) is 64.5 cm³/mol. The van der Waals surface area contributed by atoms with Crippen molar-refractivity contribution in [2.45, 2.75) is 11.4 Å². The van der Waals surface area contributed by atoms with Crippen LogP contribution in [0.2, 0.25) is 0 Å². The maximum atomic E-state index is 11.7. The molecule has 0 aliphatic carbocycles. The Morgan fingerprint density at radius 2 is 2.41 bits per heavy atom. The van der Waals surface area contributed by atoms with Gasteiger partial charge in [0.15, 0.2) is 0 Å². The Kier molecular flexibility index (Phi) is 3.43. The minimum Gasteiger partial charge on any atom is -0.477 e. The highest BCUT2D eigenvalue weighted by atomic mass is 79.9. The number of nitrogens with zero attached hydrogens (tertiary/aromatic N) is 1. The fourth-order valence-electron chi connectivity index (χ4n) is 1.88. The van der Waals surface area contributed by atoms with Crippen molar-refractivity contribution in [1.29, 1.82) is 0 Å². The van der Waals surface area contributed by atoms with E-state index >= 15 is 0 Å². The topological polar surface area (TPSA) is 86.7 Å². The maximum absolute atomic E-state index is 11.7. The molecule has 2 rings (SSSR count). The molecule has 8 heteroatoms. The Bertz CT molecular complexity index is 425. The van der Waals surface area contributed by atoms with E-state index in [9.17, 15) is 14.4 Å². The second kappa shape index (κ2) is 4.69. The summed E-state index contributed by atoms with van der Waals surface area (Å²) in [6.07, 6.45) is 0.463. The van der Waals surface area contributed by atoms with Crippen LogP contribution in [0.5, 0.6) is 0 Å². The number of carbonyl (C=O) groups excluding carboxylic acids is 2. The van der Waals surface area contributed by atoms with Crippen molar-refractivity contribution in [3.8, 4) is 0 Å². The van der Waals surface area contributed by atoms with E-state index in [0.717, 1.165) is 0 Å². The van der Waals surface area contributed by atoms with Gasteiger partial charge in [0.05, 0.1) is 0 Å². The molecule has 2 heterocycles. The van der Waals surface area contributed by atoms with Gasteiger partial charge in [-0.25, -0.2) is 4.79 Å². The molecule has 0 aromatic carbocycles. The van der Waals surface area contributed by atoms with Crippen molar-refractivity contribution in [2.75, 3.05) is 11.1 Å². The summed E-state index contributed by atoms with van der Waals surface area (Å²) in [5.74, 6) is -0.939. The molecule has 0 bridgehead atoms. The number of hydrogen-bond acceptors (Lipinski definition) is 4. The number of hydrogen-bond donors (Lipinski definition) is 2. The van der Waals surface area contributed by atoms with Gasteiger partial charge in [-0.2, -0.15) is 0 Å². The van der Waals surface area contributed by atoms with Crippen molar-refractivity contribution in [2.24, 2.45) is 0 Å². The summed E-state index contributed by atoms with van der Waals surface area (Å²) < 4.78 is 0. The predicted octanol–water partition coefficient (Wildman–Crippen LogP) is -0.250. The summed E-state index contributed by atoms with van der Waals surface area (Å²) in [6, 6.07) is -0.608. The third-order valence-electron chi connectivity index (χ3n) is 2.66. The number of carbonyl (C=O) groups is 3. The lowest BCUT2D eigenvalue weighted by Gasteiger charge is -2.49. The number of amides is 2. The highest BCUT2D eigenvalue weighted by Gasteiger charge is 2.53. The fourth-order valence-corrected chi connectivity index (χ4v) is 3.96. The first-order chi connectivity index (χ1) is 8.11. The summed E-state index contributed by atoms with van der Waals surface area (Å²) in [4.78, 5) is 34.5. The zero-order chi connectivity index (χ0) is 12.6. The highest BCUT2D eigenvalue weighted by molar-refractivity contribution is 9.09. The fraction of sp³-hybridized carbons (Fsp3) is 0.444. The quantitative estimate of drug-likeness (QED) is 0.424. The lowest BCUT2D eigenvalue weighted by molar-refractivity contribution is -0.149. The van der Waals surface area contributed by atoms with Crippen LogP contribution < -0.4 is 5.32 Å². The number of aliphatic carboxylic acids is 1. The molecule has 1 saturated heterocycles. The number of halogens is 1. The van der Waals surface area contributed by atoms with E-state index < -0.39 is 12.0 Å². The van der Waals surface area contributed by atoms with Gasteiger partial charge in [-0.3, -0.25) is 14.5 Å². The molecule has 2 amide bonds. The number of carboxylic acid groups (broad SMARTS) is 1. The lowest BCUT2D eigenvalue weighted by atomic mass is 10.0. The van der Waals surface area contributed by atoms with Crippen LogP contribution in [-0.4, -0.2) is 50.8 Å². The number of rotatable bonds is 4. The van der Waals surface area contributed by atoms with Gasteiger partial charge < -0.3 is 10.4 Å². The summed E-state index contributed by atoms with van der Waals surface area (Å²) in [5, 5.41) is 11.6. The summed E-state index contributed by atoms with van der Waals surface area (Å²) in [5.41, 5.74) is 0.719. The number of nitrogens with one attached hydrogen (secondary N) is 1. The first kappa shape index (κ1) is 12.4. The van der Waals surface area contributed by atoms with E-state index in [4.69, 9.17) is 5.11 Å². The van der Waals surface area contributed by atoms with Gasteiger partial charge >= 0.3 is 5.97 Å². The van der Waals surface area contributed by atoms with Gasteiger partial charge in [0, 0.05) is 11.1 Å². The maximum Gasteiger partial charge on any atom is 0.352 e. The Balaban J connectivity index is 2.29. The molecule has 1 fully saturated rings. The molecule has 2 aliphatic rings. The van der Waals surface area contributed by atoms with Crippen LogP contribution in [-0.2, 0) is 14.4 Å². The van der Waals surface area contributed by atoms with Crippen LogP contribution in [0.15, 0.2) is 11.3 Å². The van der Waals surface area contributed by atoms with Crippen LogP contribution in [0.1, 0.15) is 0 Å². The zero-order valence-electron chi connectivity index (χ0n) is 8.55. The number of β-lactam (4-membered cyclic amide) rings is 1. The van der Waals surface area contributed by atoms with Crippen molar-refractivity contribution in [3.05, 3.63) is 11.3 Å². The zero-order valence-corrected chi connectivity index (χ0v) is 11.0. The monoisotopic (exact) mass is 320 g/mol. The molecule has 0 aromatic rings. The molecule has 0 aromatic heterocycles. The molecule has 6 nitrogen and oxygen atoms in total. The van der Waals surface area contributed by atoms with E-state index in [-0.39, 0.29) is 17.0 Å². The van der Waals surface area contributed by atoms with Gasteiger partial charge in [0.1, 0.15) is 17.1 Å². The van der Waals surface area contributed by atoms with E-state index in [1.807, 2.05) is 0 Å². The Morgan fingerprint density at radius 3 is 2.94 bits per heavy atom. The number of carboxylic acids is 1. The van der Waals surface area contributed by atoms with Crippen LogP contribution in [0.25, 0.3) is 0 Å². The number of thioether (sulfide) groups is 1. The first-order valence-electron chi connectivity index (χ1n) is 4.77. The van der Waals surface area contributed by atoms with Gasteiger partial charge in [0.2, 0.25) is 6.41 Å². The Morgan fingerprint density at radius 1 is 1.71 bits per heavy atom. The molecule has 0 spiro atoms. The van der Waals surface area contributed by atoms with E-state index in [0.29, 0.717) is 23.1 Å². The molecule has 0 saturated carbocycles. The number of fused-ring (bicyclic) bond motifs is 1. The third-order valence-corrected chi connectivity index (χ3v) is 4.68. The van der Waals surface area contributed by atoms with Gasteiger partial charge in [-0.15, -0.1) is 11.8 Å². The van der Waals surface area contributed by atoms with E-state index in [1.165, 1.54) is 16.7 Å². The molecule has 2 aliphatic heterocycles. The summed E-state index contributed by atoms with van der Waals surface area (Å²) in [7, 11) is 0. The van der Waals surface area contributed by atoms with Gasteiger partial charge in [0.25, 0.3) is 5.91 Å². The van der Waals surface area contributed by atoms with Crippen molar-refractivity contribution < 1.29 is 19.5 Å². The van der Waals surface area contributed by atoms with Crippen molar-refractivity contribution in [1.82, 2.24) is 10.2 Å². The average molecular weight is 321 g/mol. The minimum atomic E-state index is -1.11. The molecular formula is C9H9BrN2O4S. The van der Waals surface area contributed by atoms with E-state index in [2.05, 4.69) is 21.2 Å². The van der Waals surface area contributed by atoms with E-state index in [1.54, 1.807) is 0 Å². The van der Waals surface area contributed by atoms with Crippen LogP contribution in [0.4, 0.5) is 0 Å². The van der Waals surface area contributed by atoms with Crippen LogP contribution in [0, 0.1) is 0 Å². The van der Waals surface area contributed by atoms with Crippen molar-refractivity contribution >= 4 is 46.0 Å². The molecular weight excluding hydrogens is 312 g/mol. The smallest absolute Gasteiger partial charge is 0.352 e. The van der Waals surface area contributed by atoms with Crippen molar-refractivity contribution in [3.63, 3.8) is 0 Å². The highest BCUT2D eigenvalue weighted by Crippen LogP contribution is 2.40.